The summed E-state index contributed by atoms with van der Waals surface area (Å²) in [7, 11) is 0. The SMILES string of the molecule is CC(C)(C)OC1CC(CC(=O)NCc2ccc(-c3noc(=O)[nH]3)cn2)C12CCC2. The van der Waals surface area contributed by atoms with Crippen molar-refractivity contribution in [2.24, 2.45) is 11.3 Å². The molecule has 0 aliphatic heterocycles. The summed E-state index contributed by atoms with van der Waals surface area (Å²) in [6.07, 6.45) is 6.95. The van der Waals surface area contributed by atoms with Gasteiger partial charge in [0.05, 0.1) is 23.9 Å². The summed E-state index contributed by atoms with van der Waals surface area (Å²) in [6, 6.07) is 3.58. The molecule has 0 bridgehead atoms. The van der Waals surface area contributed by atoms with Crippen LogP contribution in [0.15, 0.2) is 27.6 Å². The predicted molar refractivity (Wildman–Crippen MR) is 106 cm³/mol. The first-order valence-corrected chi connectivity index (χ1v) is 10.2. The van der Waals surface area contributed by atoms with Crippen molar-refractivity contribution in [3.63, 3.8) is 0 Å². The van der Waals surface area contributed by atoms with Crippen LogP contribution in [0.2, 0.25) is 0 Å². The molecule has 2 fully saturated rings. The zero-order chi connectivity index (χ0) is 20.6. The van der Waals surface area contributed by atoms with Gasteiger partial charge in [-0.25, -0.2) is 4.79 Å². The van der Waals surface area contributed by atoms with Crippen molar-refractivity contribution in [3.8, 4) is 11.4 Å². The molecule has 0 aromatic carbocycles. The zero-order valence-electron chi connectivity index (χ0n) is 17.2. The molecule has 29 heavy (non-hydrogen) atoms. The van der Waals surface area contributed by atoms with Gasteiger partial charge in [-0.05, 0) is 58.1 Å². The van der Waals surface area contributed by atoms with E-state index in [1.165, 1.54) is 19.3 Å². The largest absolute Gasteiger partial charge is 0.439 e. The number of aromatic nitrogens is 3. The maximum absolute atomic E-state index is 12.5. The minimum atomic E-state index is -0.605. The summed E-state index contributed by atoms with van der Waals surface area (Å²) >= 11 is 0. The number of hydrogen-bond acceptors (Lipinski definition) is 6. The third kappa shape index (κ3) is 4.12. The van der Waals surface area contributed by atoms with Gasteiger partial charge in [-0.2, -0.15) is 0 Å². The summed E-state index contributed by atoms with van der Waals surface area (Å²) < 4.78 is 10.7. The van der Waals surface area contributed by atoms with Crippen LogP contribution in [-0.4, -0.2) is 32.7 Å². The Morgan fingerprint density at radius 2 is 2.17 bits per heavy atom. The summed E-state index contributed by atoms with van der Waals surface area (Å²) in [5.74, 6) is 0.192. The molecule has 8 heteroatoms. The first kappa shape index (κ1) is 19.8. The van der Waals surface area contributed by atoms with Gasteiger partial charge < -0.3 is 10.1 Å². The fourth-order valence-corrected chi connectivity index (χ4v) is 4.53. The van der Waals surface area contributed by atoms with E-state index < -0.39 is 5.76 Å². The lowest BCUT2D eigenvalue weighted by atomic mass is 9.47. The van der Waals surface area contributed by atoms with Crippen LogP contribution in [-0.2, 0) is 16.1 Å². The van der Waals surface area contributed by atoms with Gasteiger partial charge in [-0.3, -0.25) is 19.3 Å². The van der Waals surface area contributed by atoms with Crippen molar-refractivity contribution in [2.75, 3.05) is 0 Å². The average molecular weight is 400 g/mol. The Kier molecular flexibility index (Phi) is 5.06. The molecular weight excluding hydrogens is 372 g/mol. The Bertz CT molecular complexity index is 921. The lowest BCUT2D eigenvalue weighted by molar-refractivity contribution is -0.233. The second kappa shape index (κ2) is 7.40. The van der Waals surface area contributed by atoms with Gasteiger partial charge in [0.2, 0.25) is 5.91 Å². The number of rotatable bonds is 6. The van der Waals surface area contributed by atoms with E-state index in [2.05, 4.69) is 45.7 Å². The van der Waals surface area contributed by atoms with Gasteiger partial charge >= 0.3 is 5.76 Å². The minimum Gasteiger partial charge on any atom is -0.372 e. The molecule has 2 heterocycles. The summed E-state index contributed by atoms with van der Waals surface area (Å²) in [4.78, 5) is 30.3. The summed E-state index contributed by atoms with van der Waals surface area (Å²) in [5.41, 5.74) is 1.46. The maximum atomic E-state index is 12.5. The fourth-order valence-electron chi connectivity index (χ4n) is 4.53. The Hall–Kier alpha value is -2.48. The van der Waals surface area contributed by atoms with Crippen LogP contribution in [0.5, 0.6) is 0 Å². The van der Waals surface area contributed by atoms with E-state index in [1.54, 1.807) is 18.3 Å². The number of amides is 1. The minimum absolute atomic E-state index is 0.0576. The van der Waals surface area contributed by atoms with Gasteiger partial charge in [-0.15, -0.1) is 0 Å². The van der Waals surface area contributed by atoms with Crippen molar-refractivity contribution in [3.05, 3.63) is 34.6 Å². The molecule has 1 amide bonds. The topological polar surface area (TPSA) is 110 Å². The molecule has 0 saturated heterocycles. The lowest BCUT2D eigenvalue weighted by Crippen LogP contribution is -2.60. The predicted octanol–water partition coefficient (Wildman–Crippen LogP) is 2.81. The highest BCUT2D eigenvalue weighted by Gasteiger charge is 2.59. The second-order valence-corrected chi connectivity index (χ2v) is 9.20. The molecule has 2 aromatic heterocycles. The van der Waals surface area contributed by atoms with E-state index in [0.717, 1.165) is 12.1 Å². The first-order valence-electron chi connectivity index (χ1n) is 10.2. The van der Waals surface area contributed by atoms with Crippen LogP contribution in [0.25, 0.3) is 11.4 Å². The monoisotopic (exact) mass is 400 g/mol. The molecule has 156 valence electrons. The second-order valence-electron chi connectivity index (χ2n) is 9.20. The third-order valence-corrected chi connectivity index (χ3v) is 6.17. The maximum Gasteiger partial charge on any atom is 0.439 e. The molecule has 2 unspecified atom stereocenters. The zero-order valence-corrected chi connectivity index (χ0v) is 17.2. The third-order valence-electron chi connectivity index (χ3n) is 6.17. The Morgan fingerprint density at radius 3 is 2.72 bits per heavy atom. The Balaban J connectivity index is 1.28. The van der Waals surface area contributed by atoms with Crippen molar-refractivity contribution in [2.45, 2.75) is 71.1 Å². The van der Waals surface area contributed by atoms with Gasteiger partial charge in [0.15, 0.2) is 5.82 Å². The molecule has 2 aliphatic rings. The normalized spacial score (nSPS) is 22.7. The lowest BCUT2D eigenvalue weighted by Gasteiger charge is -2.62. The summed E-state index contributed by atoms with van der Waals surface area (Å²) in [6.45, 7) is 6.66. The number of H-pyrrole nitrogens is 1. The van der Waals surface area contributed by atoms with Crippen LogP contribution in [0.3, 0.4) is 0 Å². The standard InChI is InChI=1S/C21H28N4O4/c1-20(2,3)28-16-9-14(21(16)7-4-8-21)10-17(26)23-12-15-6-5-13(11-22-15)18-24-19(27)29-25-18/h5-6,11,14,16H,4,7-10,12H2,1-3H3,(H,23,26)(H,24,25,27). The highest BCUT2D eigenvalue weighted by Crippen LogP contribution is 2.62. The highest BCUT2D eigenvalue weighted by molar-refractivity contribution is 5.76. The molecule has 0 radical (unpaired) electrons. The van der Waals surface area contributed by atoms with Gasteiger partial charge in [0.1, 0.15) is 0 Å². The molecule has 2 N–H and O–H groups in total. The van der Waals surface area contributed by atoms with Crippen LogP contribution in [0.1, 0.15) is 58.6 Å². The highest BCUT2D eigenvalue weighted by atomic mass is 16.5. The quantitative estimate of drug-likeness (QED) is 0.771. The number of nitrogens with zero attached hydrogens (tertiary/aromatic N) is 2. The molecular formula is C21H28N4O4. The molecule has 2 saturated carbocycles. The van der Waals surface area contributed by atoms with E-state index >= 15 is 0 Å². The molecule has 2 aromatic rings. The average Bonchev–Trinajstić information content (AvgIpc) is 3.03. The number of carbonyl (C=O) groups is 1. The number of aromatic amines is 1. The van der Waals surface area contributed by atoms with E-state index in [0.29, 0.717) is 30.3 Å². The number of ether oxygens (including phenoxy) is 1. The first-order chi connectivity index (χ1) is 13.7. The number of carbonyl (C=O) groups excluding carboxylic acids is 1. The molecule has 2 atom stereocenters. The number of hydrogen-bond donors (Lipinski definition) is 2. The van der Waals surface area contributed by atoms with Gasteiger partial charge in [-0.1, -0.05) is 11.6 Å². The number of pyridine rings is 1. The van der Waals surface area contributed by atoms with Crippen LogP contribution in [0, 0.1) is 11.3 Å². The molecule has 4 rings (SSSR count). The van der Waals surface area contributed by atoms with E-state index in [-0.39, 0.29) is 23.0 Å². The van der Waals surface area contributed by atoms with Crippen LogP contribution < -0.4 is 11.1 Å². The van der Waals surface area contributed by atoms with Gasteiger partial charge in [0.25, 0.3) is 0 Å². The number of nitrogens with one attached hydrogen (secondary N) is 2. The molecule has 1 spiro atoms. The summed E-state index contributed by atoms with van der Waals surface area (Å²) in [5, 5.41) is 6.61. The van der Waals surface area contributed by atoms with Crippen LogP contribution >= 0.6 is 0 Å². The Labute approximate surface area is 169 Å². The van der Waals surface area contributed by atoms with Crippen molar-refractivity contribution < 1.29 is 14.1 Å². The van der Waals surface area contributed by atoms with Crippen molar-refractivity contribution in [1.29, 1.82) is 0 Å². The van der Waals surface area contributed by atoms with E-state index in [9.17, 15) is 9.59 Å². The van der Waals surface area contributed by atoms with Crippen molar-refractivity contribution >= 4 is 5.91 Å². The Morgan fingerprint density at radius 1 is 1.38 bits per heavy atom. The van der Waals surface area contributed by atoms with E-state index in [4.69, 9.17) is 4.74 Å². The van der Waals surface area contributed by atoms with Gasteiger partial charge in [0, 0.05) is 23.6 Å². The smallest absolute Gasteiger partial charge is 0.372 e. The molecule has 2 aliphatic carbocycles. The fraction of sp³-hybridized carbons (Fsp3) is 0.619. The van der Waals surface area contributed by atoms with Crippen molar-refractivity contribution in [1.82, 2.24) is 20.4 Å². The van der Waals surface area contributed by atoms with E-state index in [1.807, 2.05) is 0 Å². The molecule has 8 nitrogen and oxygen atoms in total. The van der Waals surface area contributed by atoms with Crippen LogP contribution in [0.4, 0.5) is 0 Å².